The Labute approximate surface area is 122 Å². The minimum atomic E-state index is -0.189. The number of carbonyl (C=O) groups excluding carboxylic acids is 1. The Kier molecular flexibility index (Phi) is 4.99. The lowest BCUT2D eigenvalue weighted by Gasteiger charge is -2.34. The lowest BCUT2D eigenvalue weighted by atomic mass is 10.1. The summed E-state index contributed by atoms with van der Waals surface area (Å²) in [7, 11) is 1.64. The molecule has 1 aliphatic heterocycles. The number of aromatic nitrogens is 1. The minimum Gasteiger partial charge on any atom is -0.358 e. The summed E-state index contributed by atoms with van der Waals surface area (Å²) in [6, 6.07) is 1.43. The molecule has 104 valence electrons. The second kappa shape index (κ2) is 6.52. The van der Waals surface area contributed by atoms with E-state index in [2.05, 4.69) is 20.5 Å². The highest BCUT2D eigenvalue weighted by atomic mass is 35.5. The number of hydrogen-bond donors (Lipinski definition) is 2. The molecule has 1 amide bonds. The van der Waals surface area contributed by atoms with Gasteiger partial charge >= 0.3 is 0 Å². The smallest absolute Gasteiger partial charge is 0.238 e. The summed E-state index contributed by atoms with van der Waals surface area (Å²) in [5.74, 6) is 0.00486. The average molecular weight is 303 g/mol. The second-order valence-corrected chi connectivity index (χ2v) is 5.20. The molecule has 0 radical (unpaired) electrons. The molecule has 2 rings (SSSR count). The number of piperazine rings is 1. The number of carbonyl (C=O) groups is 1. The predicted molar refractivity (Wildman–Crippen MR) is 75.4 cm³/mol. The molecule has 1 unspecified atom stereocenters. The summed E-state index contributed by atoms with van der Waals surface area (Å²) < 4.78 is 0. The molecule has 1 aromatic rings. The summed E-state index contributed by atoms with van der Waals surface area (Å²) in [6.07, 6.45) is 1.66. The molecular formula is C12H16Cl2N4O. The van der Waals surface area contributed by atoms with E-state index in [0.717, 1.165) is 18.7 Å². The summed E-state index contributed by atoms with van der Waals surface area (Å²) in [4.78, 5) is 18.0. The van der Waals surface area contributed by atoms with Gasteiger partial charge in [-0.2, -0.15) is 0 Å². The Morgan fingerprint density at radius 2 is 2.42 bits per heavy atom. The van der Waals surface area contributed by atoms with Crippen molar-refractivity contribution in [3.63, 3.8) is 0 Å². The van der Waals surface area contributed by atoms with Crippen molar-refractivity contribution in [2.24, 2.45) is 0 Å². The van der Waals surface area contributed by atoms with Crippen molar-refractivity contribution in [1.82, 2.24) is 20.5 Å². The van der Waals surface area contributed by atoms with Crippen molar-refractivity contribution in [1.29, 1.82) is 0 Å². The van der Waals surface area contributed by atoms with Crippen molar-refractivity contribution in [2.45, 2.75) is 12.6 Å². The maximum atomic E-state index is 11.8. The van der Waals surface area contributed by atoms with E-state index in [1.54, 1.807) is 19.3 Å². The molecule has 2 heterocycles. The van der Waals surface area contributed by atoms with Gasteiger partial charge in [-0.1, -0.05) is 23.2 Å². The van der Waals surface area contributed by atoms with E-state index in [9.17, 15) is 4.79 Å². The Balaban J connectivity index is 2.13. The van der Waals surface area contributed by atoms with E-state index in [0.29, 0.717) is 23.3 Å². The predicted octanol–water partition coefficient (Wildman–Crippen LogP) is 0.908. The van der Waals surface area contributed by atoms with Gasteiger partial charge in [-0.25, -0.2) is 4.98 Å². The Bertz CT molecular complexity index is 469. The van der Waals surface area contributed by atoms with Crippen LogP contribution in [0.15, 0.2) is 12.3 Å². The zero-order valence-electron chi connectivity index (χ0n) is 10.6. The molecule has 0 aromatic carbocycles. The monoisotopic (exact) mass is 302 g/mol. The minimum absolute atomic E-state index is 0.00486. The summed E-state index contributed by atoms with van der Waals surface area (Å²) in [5.41, 5.74) is 0.877. The van der Waals surface area contributed by atoms with Crippen molar-refractivity contribution in [2.75, 3.05) is 26.7 Å². The first-order chi connectivity index (χ1) is 9.11. The Hall–Kier alpha value is -0.880. The van der Waals surface area contributed by atoms with Gasteiger partial charge in [0.15, 0.2) is 0 Å². The van der Waals surface area contributed by atoms with Crippen LogP contribution in [0.1, 0.15) is 5.56 Å². The van der Waals surface area contributed by atoms with Gasteiger partial charge in [0.1, 0.15) is 11.2 Å². The number of nitrogens with zero attached hydrogens (tertiary/aromatic N) is 2. The molecule has 0 spiro atoms. The van der Waals surface area contributed by atoms with Gasteiger partial charge < -0.3 is 10.6 Å². The molecular weight excluding hydrogens is 287 g/mol. The highest BCUT2D eigenvalue weighted by Crippen LogP contribution is 2.21. The van der Waals surface area contributed by atoms with Gasteiger partial charge in [0.2, 0.25) is 5.91 Å². The van der Waals surface area contributed by atoms with Crippen LogP contribution in [0.5, 0.6) is 0 Å². The fourth-order valence-corrected chi connectivity index (χ4v) is 2.56. The molecule has 7 heteroatoms. The molecule has 19 heavy (non-hydrogen) atoms. The van der Waals surface area contributed by atoms with E-state index in [-0.39, 0.29) is 11.9 Å². The molecule has 1 aliphatic rings. The van der Waals surface area contributed by atoms with E-state index >= 15 is 0 Å². The number of halogens is 2. The third kappa shape index (κ3) is 3.57. The molecule has 0 bridgehead atoms. The molecule has 1 atom stereocenters. The van der Waals surface area contributed by atoms with Crippen molar-refractivity contribution in [3.8, 4) is 0 Å². The maximum Gasteiger partial charge on any atom is 0.238 e. The number of hydrogen-bond acceptors (Lipinski definition) is 4. The van der Waals surface area contributed by atoms with Crippen molar-refractivity contribution in [3.05, 3.63) is 28.0 Å². The van der Waals surface area contributed by atoms with Gasteiger partial charge in [-0.05, 0) is 6.07 Å². The van der Waals surface area contributed by atoms with Crippen LogP contribution in [0, 0.1) is 0 Å². The fraction of sp³-hybridized carbons (Fsp3) is 0.500. The third-order valence-corrected chi connectivity index (χ3v) is 3.73. The highest BCUT2D eigenvalue weighted by Gasteiger charge is 2.28. The van der Waals surface area contributed by atoms with Crippen molar-refractivity contribution >= 4 is 29.1 Å². The molecule has 0 aliphatic carbocycles. The number of rotatable bonds is 3. The van der Waals surface area contributed by atoms with Crippen LogP contribution in [0.2, 0.25) is 10.2 Å². The molecule has 1 aromatic heterocycles. The number of likely N-dealkylation sites (N-methyl/N-ethyl adjacent to an activating group) is 1. The fourth-order valence-electron chi connectivity index (χ4n) is 2.13. The average Bonchev–Trinajstić information content (AvgIpc) is 2.41. The number of amides is 1. The van der Waals surface area contributed by atoms with Crippen LogP contribution in [-0.2, 0) is 11.3 Å². The van der Waals surface area contributed by atoms with Gasteiger partial charge in [0.25, 0.3) is 0 Å². The normalized spacial score (nSPS) is 20.3. The third-order valence-electron chi connectivity index (χ3n) is 3.17. The quantitative estimate of drug-likeness (QED) is 0.815. The topological polar surface area (TPSA) is 57.3 Å². The number of pyridine rings is 1. The molecule has 2 N–H and O–H groups in total. The largest absolute Gasteiger partial charge is 0.358 e. The van der Waals surface area contributed by atoms with Gasteiger partial charge in [-0.15, -0.1) is 0 Å². The number of nitrogens with one attached hydrogen (secondary N) is 2. The first-order valence-electron chi connectivity index (χ1n) is 6.08. The SMILES string of the molecule is CNC(=O)C1CNCCN1Cc1cnc(Cl)cc1Cl. The van der Waals surface area contributed by atoms with Crippen LogP contribution in [0.25, 0.3) is 0 Å². The van der Waals surface area contributed by atoms with Gasteiger partial charge in [0.05, 0.1) is 0 Å². The van der Waals surface area contributed by atoms with E-state index in [1.807, 2.05) is 0 Å². The van der Waals surface area contributed by atoms with E-state index in [1.165, 1.54) is 0 Å². The lowest BCUT2D eigenvalue weighted by Crippen LogP contribution is -2.56. The van der Waals surface area contributed by atoms with Crippen LogP contribution in [-0.4, -0.2) is 48.5 Å². The highest BCUT2D eigenvalue weighted by molar-refractivity contribution is 6.34. The molecule has 5 nitrogen and oxygen atoms in total. The lowest BCUT2D eigenvalue weighted by molar-refractivity contribution is -0.126. The zero-order chi connectivity index (χ0) is 13.8. The van der Waals surface area contributed by atoms with E-state index in [4.69, 9.17) is 23.2 Å². The van der Waals surface area contributed by atoms with Crippen LogP contribution in [0.3, 0.4) is 0 Å². The summed E-state index contributed by atoms with van der Waals surface area (Å²) in [6.45, 7) is 2.87. The van der Waals surface area contributed by atoms with E-state index < -0.39 is 0 Å². The summed E-state index contributed by atoms with van der Waals surface area (Å²) in [5, 5.41) is 6.85. The Morgan fingerprint density at radius 3 is 3.11 bits per heavy atom. The first kappa shape index (κ1) is 14.5. The zero-order valence-corrected chi connectivity index (χ0v) is 12.1. The van der Waals surface area contributed by atoms with Gasteiger partial charge in [-0.3, -0.25) is 9.69 Å². The maximum absolute atomic E-state index is 11.8. The molecule has 1 saturated heterocycles. The van der Waals surface area contributed by atoms with Crippen molar-refractivity contribution < 1.29 is 4.79 Å². The van der Waals surface area contributed by atoms with Crippen LogP contribution in [0.4, 0.5) is 0 Å². The van der Waals surface area contributed by atoms with Crippen LogP contribution < -0.4 is 10.6 Å². The summed E-state index contributed by atoms with van der Waals surface area (Å²) >= 11 is 11.9. The second-order valence-electron chi connectivity index (χ2n) is 4.40. The standard InChI is InChI=1S/C12H16Cl2N4O/c1-15-12(19)10-6-16-2-3-18(10)7-8-5-17-11(14)4-9(8)13/h4-5,10,16H,2-3,6-7H2,1H3,(H,15,19). The van der Waals surface area contributed by atoms with Gasteiger partial charge in [0, 0.05) is 50.0 Å². The van der Waals surface area contributed by atoms with Crippen LogP contribution >= 0.6 is 23.2 Å². The Morgan fingerprint density at radius 1 is 1.63 bits per heavy atom. The molecule has 1 fully saturated rings. The first-order valence-corrected chi connectivity index (χ1v) is 6.83. The molecule has 0 saturated carbocycles.